The first-order valence-electron chi connectivity index (χ1n) is 9.18. The first-order valence-corrected chi connectivity index (χ1v) is 9.18. The monoisotopic (exact) mass is 437 g/mol. The van der Waals surface area contributed by atoms with Gasteiger partial charge in [-0.25, -0.2) is 4.79 Å². The summed E-state index contributed by atoms with van der Waals surface area (Å²) >= 11 is 0. The Morgan fingerprint density at radius 3 is 2.00 bits per heavy atom. The van der Waals surface area contributed by atoms with Gasteiger partial charge in [0.25, 0.3) is 0 Å². The van der Waals surface area contributed by atoms with Gasteiger partial charge in [-0.3, -0.25) is 19.6 Å². The highest BCUT2D eigenvalue weighted by Gasteiger charge is 2.40. The summed E-state index contributed by atoms with van der Waals surface area (Å²) in [5, 5.41) is 41.2. The normalized spacial score (nSPS) is 12.9. The number of rotatable bonds is 10. The molecule has 11 heteroatoms. The molecule has 0 saturated carbocycles. The number of hydrogen-bond acceptors (Lipinski definition) is 7. The average molecular weight is 437 g/mol. The van der Waals surface area contributed by atoms with Crippen molar-refractivity contribution < 1.29 is 39.5 Å². The molecule has 0 bridgehead atoms. The zero-order chi connectivity index (χ0) is 23.7. The first-order chi connectivity index (χ1) is 14.4. The van der Waals surface area contributed by atoms with Crippen molar-refractivity contribution in [2.24, 2.45) is 7.05 Å². The maximum Gasteiger partial charge on any atom is 0.336 e. The number of carboxylic acid groups (broad SMARTS) is 3. The summed E-state index contributed by atoms with van der Waals surface area (Å²) in [5.74, 6) is -5.02. The molecule has 0 spiro atoms. The summed E-state index contributed by atoms with van der Waals surface area (Å²) in [6.07, 6.45) is -0.514. The molecule has 0 aliphatic heterocycles. The van der Waals surface area contributed by atoms with Gasteiger partial charge in [0.2, 0.25) is 0 Å². The van der Waals surface area contributed by atoms with Crippen molar-refractivity contribution in [3.63, 3.8) is 0 Å². The number of ether oxygens (including phenoxy) is 1. The number of aliphatic hydroxyl groups is 1. The zero-order valence-electron chi connectivity index (χ0n) is 17.5. The molecule has 0 fully saturated rings. The number of nitrogens with one attached hydrogen (secondary N) is 1. The van der Waals surface area contributed by atoms with E-state index < -0.39 is 42.1 Å². The fraction of sp³-hybridized carbons (Fsp3) is 0.400. The van der Waals surface area contributed by atoms with Crippen LogP contribution in [0.2, 0.25) is 0 Å². The molecule has 0 aliphatic carbocycles. The third-order valence-electron chi connectivity index (χ3n) is 4.44. The van der Waals surface area contributed by atoms with Crippen LogP contribution in [0.1, 0.15) is 31.0 Å². The van der Waals surface area contributed by atoms with Crippen molar-refractivity contribution >= 4 is 17.9 Å². The minimum atomic E-state index is -2.74. The summed E-state index contributed by atoms with van der Waals surface area (Å²) in [6.45, 7) is 2.57. The second-order valence-corrected chi connectivity index (χ2v) is 6.88. The van der Waals surface area contributed by atoms with E-state index in [1.165, 1.54) is 0 Å². The number of aryl methyl sites for hydroxylation is 1. The lowest BCUT2D eigenvalue weighted by Crippen LogP contribution is -2.42. The Balaban J connectivity index is 0.000000330. The highest BCUT2D eigenvalue weighted by atomic mass is 16.5. The maximum absolute atomic E-state index is 10.3. The molecule has 1 heterocycles. The fourth-order valence-corrected chi connectivity index (χ4v) is 2.63. The molecular weight excluding hydrogens is 410 g/mol. The summed E-state index contributed by atoms with van der Waals surface area (Å²) in [7, 11) is 3.80. The Labute approximate surface area is 178 Å². The Hall–Kier alpha value is -3.28. The molecule has 0 amide bonds. The van der Waals surface area contributed by atoms with Crippen LogP contribution in [0.15, 0.2) is 42.6 Å². The van der Waals surface area contributed by atoms with Crippen LogP contribution >= 0.6 is 0 Å². The zero-order valence-corrected chi connectivity index (χ0v) is 17.5. The van der Waals surface area contributed by atoms with Gasteiger partial charge < -0.3 is 25.2 Å². The van der Waals surface area contributed by atoms with Gasteiger partial charge in [0.1, 0.15) is 0 Å². The van der Waals surface area contributed by atoms with Crippen LogP contribution in [-0.2, 0) is 38.5 Å². The van der Waals surface area contributed by atoms with Crippen molar-refractivity contribution in [1.82, 2.24) is 15.1 Å². The third kappa shape index (κ3) is 7.81. The van der Waals surface area contributed by atoms with Crippen LogP contribution in [-0.4, -0.2) is 60.8 Å². The summed E-state index contributed by atoms with van der Waals surface area (Å²) in [5.41, 5.74) is -1.12. The average Bonchev–Trinajstić information content (AvgIpc) is 3.13. The molecule has 1 aromatic heterocycles. The van der Waals surface area contributed by atoms with E-state index in [9.17, 15) is 14.4 Å². The number of carboxylic acids is 3. The van der Waals surface area contributed by atoms with Gasteiger partial charge in [0.05, 0.1) is 25.1 Å². The van der Waals surface area contributed by atoms with E-state index >= 15 is 0 Å². The molecule has 1 unspecified atom stereocenters. The first kappa shape index (κ1) is 25.8. The van der Waals surface area contributed by atoms with Crippen LogP contribution in [0, 0.1) is 0 Å². The van der Waals surface area contributed by atoms with Crippen LogP contribution in [0.4, 0.5) is 0 Å². The summed E-state index contributed by atoms with van der Waals surface area (Å²) in [4.78, 5) is 30.5. The van der Waals surface area contributed by atoms with Gasteiger partial charge in [0, 0.05) is 13.2 Å². The lowest BCUT2D eigenvalue weighted by atomic mass is 9.96. The van der Waals surface area contributed by atoms with Gasteiger partial charge >= 0.3 is 17.9 Å². The minimum absolute atomic E-state index is 0.541. The molecule has 1 atom stereocenters. The molecule has 1 aromatic carbocycles. The minimum Gasteiger partial charge on any atom is -0.481 e. The Kier molecular flexibility index (Phi) is 9.31. The predicted octanol–water partition coefficient (Wildman–Crippen LogP) is 0.780. The Morgan fingerprint density at radius 2 is 1.61 bits per heavy atom. The van der Waals surface area contributed by atoms with Crippen molar-refractivity contribution in [2.75, 3.05) is 7.05 Å². The highest BCUT2D eigenvalue weighted by Crippen LogP contribution is 2.22. The van der Waals surface area contributed by atoms with E-state index in [4.69, 9.17) is 25.2 Å². The summed E-state index contributed by atoms with van der Waals surface area (Å²) in [6, 6.07) is 12.1. The number of aliphatic carboxylic acids is 3. The van der Waals surface area contributed by atoms with E-state index in [2.05, 4.69) is 22.5 Å². The van der Waals surface area contributed by atoms with Crippen LogP contribution in [0.25, 0.3) is 0 Å². The molecule has 2 rings (SSSR count). The number of hydrogen-bond donors (Lipinski definition) is 5. The van der Waals surface area contributed by atoms with E-state index in [-0.39, 0.29) is 0 Å². The van der Waals surface area contributed by atoms with Crippen LogP contribution in [0.3, 0.4) is 0 Å². The van der Waals surface area contributed by atoms with Crippen molar-refractivity contribution in [1.29, 1.82) is 0 Å². The van der Waals surface area contributed by atoms with E-state index in [0.717, 1.165) is 11.3 Å². The molecule has 170 valence electrons. The fourth-order valence-electron chi connectivity index (χ4n) is 2.63. The number of aromatic nitrogens is 2. The molecule has 31 heavy (non-hydrogen) atoms. The molecule has 0 radical (unpaired) electrons. The maximum atomic E-state index is 10.3. The highest BCUT2D eigenvalue weighted by molar-refractivity contribution is 5.88. The van der Waals surface area contributed by atoms with Crippen LogP contribution in [0.5, 0.6) is 0 Å². The van der Waals surface area contributed by atoms with E-state index in [1.54, 1.807) is 6.20 Å². The standard InChI is InChI=1S/C14H19N3O.C6H8O7/c1-14(15-2,13-9-10-16-17(13)3)18-11-12-7-5-4-6-8-12;7-3(8)1-6(13,5(11)12)2-4(9)10/h4-10,15H,11H2,1-3H3;13H,1-2H2,(H,7,8)(H,9,10)(H,11,12). The van der Waals surface area contributed by atoms with E-state index in [0.29, 0.717) is 6.61 Å². The molecular formula is C20H27N3O8. The molecule has 0 saturated heterocycles. The van der Waals surface area contributed by atoms with Gasteiger partial charge in [-0.05, 0) is 25.6 Å². The summed E-state index contributed by atoms with van der Waals surface area (Å²) < 4.78 is 7.84. The van der Waals surface area contributed by atoms with E-state index in [1.807, 2.05) is 50.0 Å². The predicted molar refractivity (Wildman–Crippen MR) is 108 cm³/mol. The van der Waals surface area contributed by atoms with Gasteiger partial charge in [0.15, 0.2) is 11.3 Å². The quantitative estimate of drug-likeness (QED) is 0.334. The van der Waals surface area contributed by atoms with Gasteiger partial charge in [-0.15, -0.1) is 0 Å². The van der Waals surface area contributed by atoms with Crippen molar-refractivity contribution in [3.05, 3.63) is 53.9 Å². The molecule has 0 aliphatic rings. The SMILES string of the molecule is CNC(C)(OCc1ccccc1)c1ccnn1C.O=C(O)CC(O)(CC(=O)O)C(=O)O. The molecule has 11 nitrogen and oxygen atoms in total. The lowest BCUT2D eigenvalue weighted by Gasteiger charge is -2.29. The third-order valence-corrected chi connectivity index (χ3v) is 4.44. The molecule has 2 aromatic rings. The Morgan fingerprint density at radius 1 is 1.06 bits per heavy atom. The largest absolute Gasteiger partial charge is 0.481 e. The van der Waals surface area contributed by atoms with Gasteiger partial charge in [-0.1, -0.05) is 30.3 Å². The second kappa shape index (κ2) is 11.2. The van der Waals surface area contributed by atoms with Crippen LogP contribution < -0.4 is 5.32 Å². The van der Waals surface area contributed by atoms with Crippen molar-refractivity contribution in [3.8, 4) is 0 Å². The molecule has 5 N–H and O–H groups in total. The number of benzene rings is 1. The number of carbonyl (C=O) groups is 3. The van der Waals surface area contributed by atoms with Crippen molar-refractivity contribution in [2.45, 2.75) is 37.7 Å². The Bertz CT molecular complexity index is 868. The smallest absolute Gasteiger partial charge is 0.336 e. The number of nitrogens with zero attached hydrogens (tertiary/aromatic N) is 2. The topological polar surface area (TPSA) is 171 Å². The second-order valence-electron chi connectivity index (χ2n) is 6.88. The lowest BCUT2D eigenvalue weighted by molar-refractivity contribution is -0.170. The van der Waals surface area contributed by atoms with Gasteiger partial charge in [-0.2, -0.15) is 5.10 Å².